The molecule has 0 spiro atoms. The Bertz CT molecular complexity index is 194. The van der Waals surface area contributed by atoms with E-state index in [0.717, 1.165) is 12.2 Å². The van der Waals surface area contributed by atoms with Gasteiger partial charge >= 0.3 is 0 Å². The summed E-state index contributed by atoms with van der Waals surface area (Å²) in [5.74, 6) is 0. The van der Waals surface area contributed by atoms with Gasteiger partial charge in [-0.1, -0.05) is 18.2 Å². The minimum Gasteiger partial charge on any atom is -0.375 e. The van der Waals surface area contributed by atoms with Gasteiger partial charge in [-0.2, -0.15) is 0 Å². The molecule has 2 nitrogen and oxygen atoms in total. The highest BCUT2D eigenvalue weighted by Crippen LogP contribution is 2.03. The van der Waals surface area contributed by atoms with Gasteiger partial charge in [0, 0.05) is 6.61 Å². The molecule has 13 heavy (non-hydrogen) atoms. The van der Waals surface area contributed by atoms with E-state index < -0.39 is 0 Å². The van der Waals surface area contributed by atoms with Crippen molar-refractivity contribution < 1.29 is 4.74 Å². The van der Waals surface area contributed by atoms with E-state index in [2.05, 4.69) is 17.8 Å². The lowest BCUT2D eigenvalue weighted by Crippen LogP contribution is -2.05. The van der Waals surface area contributed by atoms with Crippen LogP contribution >= 0.6 is 0 Å². The summed E-state index contributed by atoms with van der Waals surface area (Å²) in [6, 6.07) is 0. The molecule has 0 bridgehead atoms. The lowest BCUT2D eigenvalue weighted by atomic mass is 10.2. The molecule has 0 heterocycles. The van der Waals surface area contributed by atoms with Crippen molar-refractivity contribution in [3.05, 3.63) is 23.8 Å². The Morgan fingerprint density at radius 2 is 2.31 bits per heavy atom. The van der Waals surface area contributed by atoms with Crippen LogP contribution in [0.2, 0.25) is 0 Å². The summed E-state index contributed by atoms with van der Waals surface area (Å²) in [6.07, 6.45) is 6.25. The van der Waals surface area contributed by atoms with E-state index >= 15 is 0 Å². The van der Waals surface area contributed by atoms with Gasteiger partial charge < -0.3 is 4.74 Å². The van der Waals surface area contributed by atoms with Crippen LogP contribution in [0, 0.1) is 0 Å². The molecule has 0 rings (SSSR count). The molecular weight excluding hydrogens is 162 g/mol. The normalized spacial score (nSPS) is 14.8. The largest absolute Gasteiger partial charge is 0.375 e. The Hall–Kier alpha value is -0.890. The maximum absolute atomic E-state index is 5.39. The molecule has 1 unspecified atom stereocenters. The monoisotopic (exact) mass is 181 g/mol. The molecule has 0 amide bonds. The van der Waals surface area contributed by atoms with E-state index in [1.165, 1.54) is 0 Å². The quantitative estimate of drug-likeness (QED) is 0.456. The van der Waals surface area contributed by atoms with Gasteiger partial charge in [-0.3, -0.25) is 4.99 Å². The fourth-order valence-electron chi connectivity index (χ4n) is 1.12. The first kappa shape index (κ1) is 12.1. The van der Waals surface area contributed by atoms with Gasteiger partial charge in [0.1, 0.15) is 0 Å². The third-order valence-corrected chi connectivity index (χ3v) is 1.55. The third-order valence-electron chi connectivity index (χ3n) is 1.55. The fourth-order valence-corrected chi connectivity index (χ4v) is 1.12. The zero-order valence-corrected chi connectivity index (χ0v) is 8.79. The van der Waals surface area contributed by atoms with Crippen molar-refractivity contribution in [2.24, 2.45) is 4.99 Å². The van der Waals surface area contributed by atoms with Crippen molar-refractivity contribution in [1.29, 1.82) is 0 Å². The molecule has 74 valence electrons. The standard InChI is InChI=1S/C11H19NO/c1-5-7-11(9-12-4)8-10(3)13-6-2/h5,7-8,10H,4,6,9H2,1-3H3/b7-5-,11-8+. The fraction of sp³-hybridized carbons (Fsp3) is 0.545. The van der Waals surface area contributed by atoms with Crippen molar-refractivity contribution in [2.45, 2.75) is 26.9 Å². The van der Waals surface area contributed by atoms with Gasteiger partial charge in [-0.25, -0.2) is 0 Å². The third kappa shape index (κ3) is 6.29. The summed E-state index contributed by atoms with van der Waals surface area (Å²) >= 11 is 0. The van der Waals surface area contributed by atoms with Crippen LogP contribution in [0.1, 0.15) is 20.8 Å². The Kier molecular flexibility index (Phi) is 7.21. The molecule has 2 heteroatoms. The molecule has 0 saturated heterocycles. The average Bonchev–Trinajstić information content (AvgIpc) is 2.05. The average molecular weight is 181 g/mol. The van der Waals surface area contributed by atoms with Gasteiger partial charge in [0.25, 0.3) is 0 Å². The number of rotatable bonds is 6. The summed E-state index contributed by atoms with van der Waals surface area (Å²) in [7, 11) is 0. The molecule has 0 radical (unpaired) electrons. The first-order valence-electron chi connectivity index (χ1n) is 4.62. The van der Waals surface area contributed by atoms with E-state index in [1.807, 2.05) is 32.9 Å². The highest BCUT2D eigenvalue weighted by molar-refractivity contribution is 5.28. The van der Waals surface area contributed by atoms with E-state index in [-0.39, 0.29) is 6.10 Å². The summed E-state index contributed by atoms with van der Waals surface area (Å²) in [4.78, 5) is 3.84. The molecule has 0 aromatic carbocycles. The SMILES string of the molecule is C=NCC(/C=C\C)=C/C(C)OCC. The van der Waals surface area contributed by atoms with Gasteiger partial charge in [-0.05, 0) is 33.1 Å². The zero-order valence-electron chi connectivity index (χ0n) is 8.79. The number of hydrogen-bond acceptors (Lipinski definition) is 2. The minimum atomic E-state index is 0.151. The van der Waals surface area contributed by atoms with Gasteiger partial charge in [0.2, 0.25) is 0 Å². The van der Waals surface area contributed by atoms with Crippen molar-refractivity contribution in [3.63, 3.8) is 0 Å². The summed E-state index contributed by atoms with van der Waals surface area (Å²) < 4.78 is 5.39. The second-order valence-corrected chi connectivity index (χ2v) is 2.78. The summed E-state index contributed by atoms with van der Waals surface area (Å²) in [5.41, 5.74) is 1.15. The molecule has 0 saturated carbocycles. The van der Waals surface area contributed by atoms with Crippen LogP contribution < -0.4 is 0 Å². The number of hydrogen-bond donors (Lipinski definition) is 0. The minimum absolute atomic E-state index is 0.151. The Morgan fingerprint density at radius 1 is 1.62 bits per heavy atom. The van der Waals surface area contributed by atoms with Crippen LogP contribution in [0.5, 0.6) is 0 Å². The maximum atomic E-state index is 5.39. The van der Waals surface area contributed by atoms with Gasteiger partial charge in [0.15, 0.2) is 0 Å². The van der Waals surface area contributed by atoms with Crippen molar-refractivity contribution in [1.82, 2.24) is 0 Å². The van der Waals surface area contributed by atoms with Crippen molar-refractivity contribution in [3.8, 4) is 0 Å². The van der Waals surface area contributed by atoms with Crippen LogP contribution in [0.3, 0.4) is 0 Å². The topological polar surface area (TPSA) is 21.6 Å². The second kappa shape index (κ2) is 7.74. The lowest BCUT2D eigenvalue weighted by Gasteiger charge is -2.07. The van der Waals surface area contributed by atoms with Crippen LogP contribution in [-0.4, -0.2) is 26.0 Å². The Balaban J connectivity index is 4.23. The molecular formula is C11H19NO. The molecule has 0 aliphatic carbocycles. The zero-order chi connectivity index (χ0) is 10.1. The molecule has 0 aliphatic rings. The van der Waals surface area contributed by atoms with Crippen molar-refractivity contribution in [2.75, 3.05) is 13.2 Å². The lowest BCUT2D eigenvalue weighted by molar-refractivity contribution is 0.109. The second-order valence-electron chi connectivity index (χ2n) is 2.78. The number of ether oxygens (including phenoxy) is 1. The van der Waals surface area contributed by atoms with Crippen LogP contribution in [0.25, 0.3) is 0 Å². The maximum Gasteiger partial charge on any atom is 0.0733 e. The van der Waals surface area contributed by atoms with E-state index in [1.54, 1.807) is 0 Å². The summed E-state index contributed by atoms with van der Waals surface area (Å²) in [5, 5.41) is 0. The first-order chi connectivity index (χ1) is 6.24. The van der Waals surface area contributed by atoms with Gasteiger partial charge in [0.05, 0.1) is 12.6 Å². The van der Waals surface area contributed by atoms with Gasteiger partial charge in [-0.15, -0.1) is 0 Å². The van der Waals surface area contributed by atoms with Crippen molar-refractivity contribution >= 4 is 6.72 Å². The van der Waals surface area contributed by atoms with Crippen LogP contribution in [0.4, 0.5) is 0 Å². The Labute approximate surface area is 81.0 Å². The number of nitrogens with zero attached hydrogens (tertiary/aromatic N) is 1. The first-order valence-corrected chi connectivity index (χ1v) is 4.62. The highest BCUT2D eigenvalue weighted by Gasteiger charge is 1.97. The van der Waals surface area contributed by atoms with E-state index in [0.29, 0.717) is 6.54 Å². The smallest absolute Gasteiger partial charge is 0.0733 e. The predicted octanol–water partition coefficient (Wildman–Crippen LogP) is 2.61. The Morgan fingerprint density at radius 3 is 2.77 bits per heavy atom. The molecule has 0 fully saturated rings. The molecule has 1 atom stereocenters. The number of aliphatic imine (C=N–C) groups is 1. The van der Waals surface area contributed by atoms with Crippen LogP contribution in [0.15, 0.2) is 28.8 Å². The molecule has 0 aromatic heterocycles. The molecule has 0 aromatic rings. The molecule has 0 aliphatic heterocycles. The van der Waals surface area contributed by atoms with Crippen LogP contribution in [-0.2, 0) is 4.74 Å². The molecule has 0 N–H and O–H groups in total. The summed E-state index contributed by atoms with van der Waals surface area (Å²) in [6.45, 7) is 10.9. The van der Waals surface area contributed by atoms with E-state index in [9.17, 15) is 0 Å². The van der Waals surface area contributed by atoms with E-state index in [4.69, 9.17) is 4.74 Å². The predicted molar refractivity (Wildman–Crippen MR) is 58.4 cm³/mol. The number of allylic oxidation sites excluding steroid dienone is 1. The highest BCUT2D eigenvalue weighted by atomic mass is 16.5.